The third kappa shape index (κ3) is 4.49. The maximum atomic E-state index is 10.7. The third-order valence-corrected chi connectivity index (χ3v) is 3.28. The second-order valence-corrected chi connectivity index (χ2v) is 5.25. The summed E-state index contributed by atoms with van der Waals surface area (Å²) in [7, 11) is 4.22. The lowest BCUT2D eigenvalue weighted by molar-refractivity contribution is -0.141. The van der Waals surface area contributed by atoms with Gasteiger partial charge in [-0.25, -0.2) is 0 Å². The number of carboxylic acid groups (broad SMARTS) is 1. The van der Waals surface area contributed by atoms with Crippen molar-refractivity contribution >= 4 is 5.97 Å². The summed E-state index contributed by atoms with van der Waals surface area (Å²) < 4.78 is 0. The molecular weight excluding hydrogens is 204 g/mol. The highest BCUT2D eigenvalue weighted by atomic mass is 16.4. The molecule has 0 spiro atoms. The molecule has 0 aromatic carbocycles. The maximum absolute atomic E-state index is 10.7. The Bertz CT molecular complexity index is 223. The van der Waals surface area contributed by atoms with E-state index in [4.69, 9.17) is 5.11 Å². The van der Waals surface area contributed by atoms with Gasteiger partial charge in [-0.05, 0) is 45.9 Å². The molecule has 0 saturated carbocycles. The first-order valence-electron chi connectivity index (χ1n) is 6.09. The number of hydrogen-bond donors (Lipinski definition) is 1. The fourth-order valence-electron chi connectivity index (χ4n) is 2.33. The summed E-state index contributed by atoms with van der Waals surface area (Å²) in [6, 6.07) is 0. The summed E-state index contributed by atoms with van der Waals surface area (Å²) in [6.07, 6.45) is 2.40. The molecule has 1 fully saturated rings. The lowest BCUT2D eigenvalue weighted by atomic mass is 9.95. The average molecular weight is 228 g/mol. The highest BCUT2D eigenvalue weighted by molar-refractivity contribution is 5.69. The highest BCUT2D eigenvalue weighted by Gasteiger charge is 2.22. The molecule has 1 atom stereocenters. The summed E-state index contributed by atoms with van der Waals surface area (Å²) in [5.74, 6) is -0.146. The maximum Gasteiger partial charge on any atom is 0.307 e. The number of hydrogen-bond acceptors (Lipinski definition) is 3. The van der Waals surface area contributed by atoms with E-state index in [2.05, 4.69) is 23.9 Å². The van der Waals surface area contributed by atoms with E-state index in [1.54, 1.807) is 6.92 Å². The number of likely N-dealkylation sites (tertiary alicyclic amines) is 1. The van der Waals surface area contributed by atoms with Crippen molar-refractivity contribution in [2.45, 2.75) is 19.8 Å². The van der Waals surface area contributed by atoms with Crippen LogP contribution < -0.4 is 0 Å². The van der Waals surface area contributed by atoms with E-state index in [9.17, 15) is 4.79 Å². The second-order valence-electron chi connectivity index (χ2n) is 5.25. The summed E-state index contributed by atoms with van der Waals surface area (Å²) in [6.45, 7) is 5.74. The largest absolute Gasteiger partial charge is 0.481 e. The number of piperidine rings is 1. The second kappa shape index (κ2) is 6.21. The number of rotatable bonds is 5. The van der Waals surface area contributed by atoms with Crippen molar-refractivity contribution in [3.05, 3.63) is 0 Å². The molecule has 16 heavy (non-hydrogen) atoms. The average Bonchev–Trinajstić information content (AvgIpc) is 2.20. The Morgan fingerprint density at radius 2 is 2.00 bits per heavy atom. The molecule has 0 radical (unpaired) electrons. The van der Waals surface area contributed by atoms with E-state index in [1.807, 2.05) is 0 Å². The predicted molar refractivity (Wildman–Crippen MR) is 64.5 cm³/mol. The monoisotopic (exact) mass is 228 g/mol. The Labute approximate surface area is 98.2 Å². The normalized spacial score (nSPS) is 21.2. The smallest absolute Gasteiger partial charge is 0.307 e. The van der Waals surface area contributed by atoms with Gasteiger partial charge in [0.15, 0.2) is 0 Å². The molecule has 0 aromatic rings. The van der Waals surface area contributed by atoms with Gasteiger partial charge in [0.25, 0.3) is 0 Å². The summed E-state index contributed by atoms with van der Waals surface area (Å²) in [5, 5.41) is 8.85. The first-order valence-corrected chi connectivity index (χ1v) is 6.09. The zero-order valence-electron chi connectivity index (χ0n) is 10.6. The van der Waals surface area contributed by atoms with Crippen LogP contribution >= 0.6 is 0 Å². The van der Waals surface area contributed by atoms with E-state index in [0.29, 0.717) is 6.54 Å². The van der Waals surface area contributed by atoms with Crippen LogP contribution in [0.1, 0.15) is 19.8 Å². The van der Waals surface area contributed by atoms with Crippen LogP contribution in [0.3, 0.4) is 0 Å². The quantitative estimate of drug-likeness (QED) is 0.762. The molecule has 1 aliphatic rings. The lowest BCUT2D eigenvalue weighted by Crippen LogP contribution is -2.40. The Morgan fingerprint density at radius 3 is 2.44 bits per heavy atom. The van der Waals surface area contributed by atoms with Crippen molar-refractivity contribution < 1.29 is 9.90 Å². The van der Waals surface area contributed by atoms with Gasteiger partial charge in [-0.2, -0.15) is 0 Å². The number of aliphatic carboxylic acids is 1. The van der Waals surface area contributed by atoms with Crippen LogP contribution in [0.2, 0.25) is 0 Å². The Kier molecular flexibility index (Phi) is 5.22. The zero-order valence-corrected chi connectivity index (χ0v) is 10.6. The van der Waals surface area contributed by atoms with Crippen molar-refractivity contribution in [2.24, 2.45) is 11.8 Å². The van der Waals surface area contributed by atoms with Crippen LogP contribution in [0, 0.1) is 11.8 Å². The van der Waals surface area contributed by atoms with Crippen LogP contribution in [0.4, 0.5) is 0 Å². The fraction of sp³-hybridized carbons (Fsp3) is 0.917. The van der Waals surface area contributed by atoms with E-state index in [1.165, 1.54) is 12.8 Å². The molecule has 1 N–H and O–H groups in total. The molecule has 0 amide bonds. The minimum absolute atomic E-state index is 0.245. The number of nitrogens with zero attached hydrogens (tertiary/aromatic N) is 2. The molecule has 1 aliphatic heterocycles. The predicted octanol–water partition coefficient (Wildman–Crippen LogP) is 0.981. The summed E-state index contributed by atoms with van der Waals surface area (Å²) in [5.41, 5.74) is 0. The number of carboxylic acids is 1. The van der Waals surface area contributed by atoms with Crippen LogP contribution in [0.5, 0.6) is 0 Å². The van der Waals surface area contributed by atoms with Gasteiger partial charge in [-0.3, -0.25) is 4.79 Å². The van der Waals surface area contributed by atoms with Gasteiger partial charge < -0.3 is 14.9 Å². The van der Waals surface area contributed by atoms with Crippen molar-refractivity contribution in [2.75, 3.05) is 40.3 Å². The summed E-state index contributed by atoms with van der Waals surface area (Å²) in [4.78, 5) is 15.3. The van der Waals surface area contributed by atoms with Crippen LogP contribution in [-0.4, -0.2) is 61.2 Å². The molecule has 1 saturated heterocycles. The van der Waals surface area contributed by atoms with Crippen LogP contribution in [0.15, 0.2) is 0 Å². The molecule has 1 rings (SSSR count). The highest BCUT2D eigenvalue weighted by Crippen LogP contribution is 2.18. The minimum atomic E-state index is -0.685. The Balaban J connectivity index is 2.24. The van der Waals surface area contributed by atoms with Gasteiger partial charge >= 0.3 is 5.97 Å². The van der Waals surface area contributed by atoms with Crippen molar-refractivity contribution in [1.82, 2.24) is 9.80 Å². The molecule has 0 aromatic heterocycles. The molecular formula is C12H24N2O2. The van der Waals surface area contributed by atoms with E-state index in [-0.39, 0.29) is 5.92 Å². The van der Waals surface area contributed by atoms with Gasteiger partial charge in [-0.15, -0.1) is 0 Å². The van der Waals surface area contributed by atoms with Crippen LogP contribution in [0.25, 0.3) is 0 Å². The van der Waals surface area contributed by atoms with Crippen molar-refractivity contribution in [3.8, 4) is 0 Å². The van der Waals surface area contributed by atoms with E-state index >= 15 is 0 Å². The third-order valence-electron chi connectivity index (χ3n) is 3.28. The topological polar surface area (TPSA) is 43.8 Å². The molecule has 4 heteroatoms. The molecule has 0 bridgehead atoms. The van der Waals surface area contributed by atoms with Gasteiger partial charge in [0.2, 0.25) is 0 Å². The molecule has 0 aliphatic carbocycles. The van der Waals surface area contributed by atoms with Gasteiger partial charge in [0.1, 0.15) is 0 Å². The molecule has 94 valence electrons. The van der Waals surface area contributed by atoms with Gasteiger partial charge in [-0.1, -0.05) is 6.92 Å². The van der Waals surface area contributed by atoms with Crippen molar-refractivity contribution in [1.29, 1.82) is 0 Å². The van der Waals surface area contributed by atoms with E-state index in [0.717, 1.165) is 25.6 Å². The lowest BCUT2D eigenvalue weighted by Gasteiger charge is -2.33. The Hall–Kier alpha value is -0.610. The van der Waals surface area contributed by atoms with Crippen molar-refractivity contribution in [3.63, 3.8) is 0 Å². The Morgan fingerprint density at radius 1 is 1.44 bits per heavy atom. The SMILES string of the molecule is CC(CN1CCC(CN(C)C)CC1)C(=O)O. The van der Waals surface area contributed by atoms with E-state index < -0.39 is 5.97 Å². The standard InChI is InChI=1S/C12H24N2O2/c1-10(12(15)16)8-14-6-4-11(5-7-14)9-13(2)3/h10-11H,4-9H2,1-3H3,(H,15,16). The van der Waals surface area contributed by atoms with Crippen LogP contribution in [-0.2, 0) is 4.79 Å². The first kappa shape index (κ1) is 13.5. The van der Waals surface area contributed by atoms with Gasteiger partial charge in [0.05, 0.1) is 5.92 Å². The fourth-order valence-corrected chi connectivity index (χ4v) is 2.33. The summed E-state index contributed by atoms with van der Waals surface area (Å²) >= 11 is 0. The molecule has 1 heterocycles. The van der Waals surface area contributed by atoms with Gasteiger partial charge in [0, 0.05) is 13.1 Å². The first-order chi connectivity index (χ1) is 7.49. The molecule has 1 unspecified atom stereocenters. The number of carbonyl (C=O) groups is 1. The zero-order chi connectivity index (χ0) is 12.1. The molecule has 4 nitrogen and oxygen atoms in total. The minimum Gasteiger partial charge on any atom is -0.481 e.